The summed E-state index contributed by atoms with van der Waals surface area (Å²) in [5.74, 6) is 1.20. The quantitative estimate of drug-likeness (QED) is 0.414. The second kappa shape index (κ2) is 7.67. The van der Waals surface area contributed by atoms with Gasteiger partial charge in [0, 0.05) is 28.9 Å². The Morgan fingerprint density at radius 1 is 1.07 bits per heavy atom. The molecule has 1 aliphatic heterocycles. The number of hydrogen-bond acceptors (Lipinski definition) is 2. The van der Waals surface area contributed by atoms with E-state index in [0.717, 1.165) is 34.3 Å². The first-order chi connectivity index (χ1) is 13.3. The van der Waals surface area contributed by atoms with E-state index in [1.54, 1.807) is 0 Å². The summed E-state index contributed by atoms with van der Waals surface area (Å²) in [5, 5.41) is 0.744. The molecule has 1 aromatic heterocycles. The number of halogens is 2. The maximum Gasteiger partial charge on any atom is 0.128 e. The molecule has 0 bridgehead atoms. The van der Waals surface area contributed by atoms with Crippen molar-refractivity contribution in [2.24, 2.45) is 0 Å². The molecule has 0 atom stereocenters. The molecule has 0 saturated heterocycles. The number of alkyl halides is 1. The summed E-state index contributed by atoms with van der Waals surface area (Å²) in [7, 11) is 0. The number of fused-ring (bicyclic) bond motifs is 3. The molecule has 2 heterocycles. The van der Waals surface area contributed by atoms with Gasteiger partial charge in [-0.05, 0) is 59.4 Å². The van der Waals surface area contributed by atoms with Gasteiger partial charge < -0.3 is 4.74 Å². The third-order valence-corrected chi connectivity index (χ3v) is 5.97. The Labute approximate surface area is 173 Å². The molecule has 3 aromatic rings. The summed E-state index contributed by atoms with van der Waals surface area (Å²) in [6.07, 6.45) is 3.16. The van der Waals surface area contributed by atoms with Crippen molar-refractivity contribution < 1.29 is 9.13 Å². The van der Waals surface area contributed by atoms with Crippen molar-refractivity contribution in [2.75, 3.05) is 6.61 Å². The summed E-state index contributed by atoms with van der Waals surface area (Å²) in [6.45, 7) is 0.615. The van der Waals surface area contributed by atoms with Gasteiger partial charge in [0.1, 0.15) is 11.6 Å². The van der Waals surface area contributed by atoms with E-state index in [9.17, 15) is 4.39 Å². The van der Waals surface area contributed by atoms with Crippen molar-refractivity contribution in [3.8, 4) is 28.1 Å². The van der Waals surface area contributed by atoms with Crippen LogP contribution in [0.2, 0.25) is 0 Å². The maximum absolute atomic E-state index is 13.6. The van der Waals surface area contributed by atoms with E-state index in [2.05, 4.69) is 22.0 Å². The highest BCUT2D eigenvalue weighted by molar-refractivity contribution is 9.08. The lowest BCUT2D eigenvalue weighted by Crippen LogP contribution is -2.07. The van der Waals surface area contributed by atoms with Crippen molar-refractivity contribution in [1.29, 1.82) is 0 Å². The van der Waals surface area contributed by atoms with Crippen LogP contribution < -0.4 is 4.74 Å². The van der Waals surface area contributed by atoms with E-state index < -0.39 is 0 Å². The molecule has 1 saturated carbocycles. The highest BCUT2D eigenvalue weighted by Crippen LogP contribution is 2.47. The van der Waals surface area contributed by atoms with Gasteiger partial charge in [0.15, 0.2) is 0 Å². The Bertz CT molecular complexity index is 1010. The Balaban J connectivity index is 0.00000192. The Hall–Kier alpha value is -2.20. The number of para-hydroxylation sites is 1. The molecule has 4 heteroatoms. The van der Waals surface area contributed by atoms with Gasteiger partial charge in [-0.25, -0.2) is 4.39 Å². The van der Waals surface area contributed by atoms with E-state index in [4.69, 9.17) is 9.72 Å². The number of pyridine rings is 1. The van der Waals surface area contributed by atoms with Gasteiger partial charge in [-0.15, -0.1) is 0 Å². The van der Waals surface area contributed by atoms with Gasteiger partial charge in [-0.1, -0.05) is 47.6 Å². The van der Waals surface area contributed by atoms with Crippen LogP contribution in [0, 0.1) is 5.82 Å². The molecule has 1 fully saturated rings. The highest BCUT2D eigenvalue weighted by Gasteiger charge is 2.32. The first-order valence-electron chi connectivity index (χ1n) is 9.36. The number of ether oxygens (including phenoxy) is 1. The predicted molar refractivity (Wildman–Crippen MR) is 116 cm³/mol. The standard InChI is InChI=1S/C23H19BrFNO.CH4/c24-13-19-21(14-7-9-16(25)10-8-14)18-11-12-27-20-4-2-1-3-17(20)23(18)26-22(19)15-5-6-15;/h1-4,7-10,15H,5-6,11-13H2;1H4. The van der Waals surface area contributed by atoms with Gasteiger partial charge in [-0.2, -0.15) is 0 Å². The Kier molecular flexibility index (Phi) is 5.24. The molecule has 28 heavy (non-hydrogen) atoms. The van der Waals surface area contributed by atoms with Crippen LogP contribution in [0.4, 0.5) is 4.39 Å². The molecule has 5 rings (SSSR count). The molecular formula is C24H23BrFNO. The van der Waals surface area contributed by atoms with Crippen LogP contribution in [0.3, 0.4) is 0 Å². The van der Waals surface area contributed by atoms with E-state index in [-0.39, 0.29) is 13.2 Å². The van der Waals surface area contributed by atoms with E-state index in [0.29, 0.717) is 12.5 Å². The second-order valence-electron chi connectivity index (χ2n) is 7.19. The second-order valence-corrected chi connectivity index (χ2v) is 7.75. The normalized spacial score (nSPS) is 14.9. The first-order valence-corrected chi connectivity index (χ1v) is 10.5. The zero-order valence-electron chi connectivity index (χ0n) is 14.8. The zero-order valence-corrected chi connectivity index (χ0v) is 16.4. The molecule has 2 aliphatic rings. The van der Waals surface area contributed by atoms with Gasteiger partial charge >= 0.3 is 0 Å². The summed E-state index contributed by atoms with van der Waals surface area (Å²) in [6, 6.07) is 15.0. The molecule has 0 radical (unpaired) electrons. The summed E-state index contributed by atoms with van der Waals surface area (Å²) < 4.78 is 19.6. The molecule has 1 aliphatic carbocycles. The van der Waals surface area contributed by atoms with E-state index in [1.165, 1.54) is 47.4 Å². The van der Waals surface area contributed by atoms with Gasteiger partial charge in [-0.3, -0.25) is 4.98 Å². The molecule has 0 amide bonds. The van der Waals surface area contributed by atoms with Crippen LogP contribution in [0.15, 0.2) is 48.5 Å². The molecule has 0 N–H and O–H groups in total. The van der Waals surface area contributed by atoms with Crippen LogP contribution >= 0.6 is 15.9 Å². The molecular weight excluding hydrogens is 417 g/mol. The van der Waals surface area contributed by atoms with E-state index in [1.807, 2.05) is 30.3 Å². The third-order valence-electron chi connectivity index (χ3n) is 5.41. The van der Waals surface area contributed by atoms with Crippen LogP contribution in [0.5, 0.6) is 5.75 Å². The summed E-state index contributed by atoms with van der Waals surface area (Å²) >= 11 is 3.70. The van der Waals surface area contributed by atoms with Crippen molar-refractivity contribution in [2.45, 2.75) is 37.9 Å². The fourth-order valence-electron chi connectivity index (χ4n) is 4.00. The minimum atomic E-state index is -0.213. The van der Waals surface area contributed by atoms with Gasteiger partial charge in [0.05, 0.1) is 12.3 Å². The van der Waals surface area contributed by atoms with Crippen LogP contribution in [0.1, 0.15) is 43.0 Å². The fraction of sp³-hybridized carbons (Fsp3) is 0.292. The molecule has 2 aromatic carbocycles. The number of nitrogens with zero attached hydrogens (tertiary/aromatic N) is 1. The van der Waals surface area contributed by atoms with E-state index >= 15 is 0 Å². The van der Waals surface area contributed by atoms with Crippen molar-refractivity contribution >= 4 is 15.9 Å². The van der Waals surface area contributed by atoms with Crippen LogP contribution in [0.25, 0.3) is 22.4 Å². The topological polar surface area (TPSA) is 22.1 Å². The fourth-order valence-corrected chi connectivity index (χ4v) is 4.56. The molecule has 0 spiro atoms. The van der Waals surface area contributed by atoms with Crippen LogP contribution in [-0.4, -0.2) is 11.6 Å². The highest BCUT2D eigenvalue weighted by atomic mass is 79.9. The monoisotopic (exact) mass is 439 g/mol. The van der Waals surface area contributed by atoms with Crippen LogP contribution in [-0.2, 0) is 11.8 Å². The number of rotatable bonds is 3. The average molecular weight is 440 g/mol. The lowest BCUT2D eigenvalue weighted by Gasteiger charge is -2.20. The minimum absolute atomic E-state index is 0. The smallest absolute Gasteiger partial charge is 0.128 e. The third kappa shape index (κ3) is 3.24. The lowest BCUT2D eigenvalue weighted by molar-refractivity contribution is 0.326. The largest absolute Gasteiger partial charge is 0.493 e. The SMILES string of the molecule is C.Fc1ccc(-c2c3c(nc(C4CC4)c2CBr)-c2ccccc2OCC3)cc1. The number of benzene rings is 2. The number of aromatic nitrogens is 1. The van der Waals surface area contributed by atoms with Gasteiger partial charge in [0.25, 0.3) is 0 Å². The Morgan fingerprint density at radius 3 is 2.54 bits per heavy atom. The first kappa shape index (κ1) is 19.1. The zero-order chi connectivity index (χ0) is 18.4. The summed E-state index contributed by atoms with van der Waals surface area (Å²) in [5.41, 5.74) is 7.93. The maximum atomic E-state index is 13.6. The van der Waals surface area contributed by atoms with Crippen molar-refractivity contribution in [3.05, 3.63) is 71.2 Å². The lowest BCUT2D eigenvalue weighted by atomic mass is 9.89. The number of hydrogen-bond donors (Lipinski definition) is 0. The molecule has 144 valence electrons. The molecule has 0 unspecified atom stereocenters. The summed E-state index contributed by atoms with van der Waals surface area (Å²) in [4.78, 5) is 5.17. The molecule has 2 nitrogen and oxygen atoms in total. The van der Waals surface area contributed by atoms with Crippen molar-refractivity contribution in [1.82, 2.24) is 4.98 Å². The minimum Gasteiger partial charge on any atom is -0.493 e. The average Bonchev–Trinajstić information content (AvgIpc) is 3.54. The van der Waals surface area contributed by atoms with Crippen molar-refractivity contribution in [3.63, 3.8) is 0 Å². The predicted octanol–water partition coefficient (Wildman–Crippen LogP) is 6.90. The van der Waals surface area contributed by atoms with Gasteiger partial charge in [0.2, 0.25) is 0 Å². The Morgan fingerprint density at radius 2 is 1.82 bits per heavy atom.